The van der Waals surface area contributed by atoms with Crippen LogP contribution in [0.25, 0.3) is 0 Å². The van der Waals surface area contributed by atoms with Gasteiger partial charge in [-0.05, 0) is 25.7 Å². The predicted octanol–water partition coefficient (Wildman–Crippen LogP) is 4.41. The largest absolute Gasteiger partial charge is 0.392 e. The van der Waals surface area contributed by atoms with Gasteiger partial charge in [-0.3, -0.25) is 4.79 Å². The topological polar surface area (TPSA) is 29.1 Å². The van der Waals surface area contributed by atoms with Gasteiger partial charge in [-0.1, -0.05) is 32.1 Å². The molecule has 2 rings (SSSR count). The van der Waals surface area contributed by atoms with E-state index in [1.54, 1.807) is 0 Å². The Hall–Kier alpha value is -0.450. The first kappa shape index (κ1) is 16.9. The Morgan fingerprint density at radius 3 is 2.29 bits per heavy atom. The fraction of sp³-hybridized carbons (Fsp3) is 0.933. The summed E-state index contributed by atoms with van der Waals surface area (Å²) in [6.45, 7) is 0. The Balaban J connectivity index is 2.06. The summed E-state index contributed by atoms with van der Waals surface area (Å²) >= 11 is 6.01. The van der Waals surface area contributed by atoms with Gasteiger partial charge in [0.1, 0.15) is 0 Å². The quantitative estimate of drug-likeness (QED) is 0.765. The summed E-state index contributed by atoms with van der Waals surface area (Å²) in [4.78, 5) is 12.4. The van der Waals surface area contributed by atoms with Crippen LogP contribution in [-0.2, 0) is 4.79 Å². The average molecular weight is 326 g/mol. The molecule has 1 N–H and O–H groups in total. The van der Waals surface area contributed by atoms with E-state index in [1.165, 1.54) is 0 Å². The third kappa shape index (κ3) is 4.05. The van der Waals surface area contributed by atoms with Crippen molar-refractivity contribution < 1.29 is 18.0 Å². The highest BCUT2D eigenvalue weighted by Crippen LogP contribution is 2.42. The van der Waals surface area contributed by atoms with Gasteiger partial charge in [0.15, 0.2) is 0 Å². The van der Waals surface area contributed by atoms with Crippen LogP contribution in [-0.4, -0.2) is 23.5 Å². The molecule has 0 aliphatic heterocycles. The zero-order valence-corrected chi connectivity index (χ0v) is 12.9. The molecule has 2 aliphatic rings. The van der Waals surface area contributed by atoms with Gasteiger partial charge in [0, 0.05) is 11.8 Å². The van der Waals surface area contributed by atoms with Crippen LogP contribution >= 0.6 is 11.6 Å². The fourth-order valence-electron chi connectivity index (χ4n) is 3.71. The molecule has 0 saturated heterocycles. The normalized spacial score (nSPS) is 29.9. The maximum absolute atomic E-state index is 13.1. The van der Waals surface area contributed by atoms with Crippen LogP contribution in [0.2, 0.25) is 0 Å². The van der Waals surface area contributed by atoms with Crippen molar-refractivity contribution in [1.29, 1.82) is 0 Å². The van der Waals surface area contributed by atoms with Gasteiger partial charge in [-0.25, -0.2) is 0 Å². The first-order valence-corrected chi connectivity index (χ1v) is 8.36. The standard InChI is InChI=1S/C15H23ClF3NO/c16-10-14(8-4-1-5-9-14)20-13(21)11-6-2-3-7-12(11)15(17,18)19/h11-12H,1-10H2,(H,20,21). The number of alkyl halides is 4. The van der Waals surface area contributed by atoms with Crippen molar-refractivity contribution in [2.45, 2.75) is 69.5 Å². The zero-order valence-electron chi connectivity index (χ0n) is 12.1. The highest BCUT2D eigenvalue weighted by Gasteiger charge is 2.49. The highest BCUT2D eigenvalue weighted by molar-refractivity contribution is 6.18. The van der Waals surface area contributed by atoms with Gasteiger partial charge in [0.25, 0.3) is 0 Å². The average Bonchev–Trinajstić information content (AvgIpc) is 2.47. The summed E-state index contributed by atoms with van der Waals surface area (Å²) in [6.07, 6.45) is 1.93. The number of carbonyl (C=O) groups excluding carboxylic acids is 1. The number of halogens is 4. The van der Waals surface area contributed by atoms with Crippen molar-refractivity contribution in [3.8, 4) is 0 Å². The molecule has 2 fully saturated rings. The predicted molar refractivity (Wildman–Crippen MR) is 76.2 cm³/mol. The van der Waals surface area contributed by atoms with Crippen LogP contribution in [0.3, 0.4) is 0 Å². The van der Waals surface area contributed by atoms with Gasteiger partial charge in [0.05, 0.1) is 11.5 Å². The molecule has 0 bridgehead atoms. The van der Waals surface area contributed by atoms with Crippen LogP contribution in [0.1, 0.15) is 57.8 Å². The van der Waals surface area contributed by atoms with E-state index in [1.807, 2.05) is 0 Å². The number of rotatable bonds is 3. The lowest BCUT2D eigenvalue weighted by Gasteiger charge is -2.39. The minimum Gasteiger partial charge on any atom is -0.349 e. The Bertz CT molecular complexity index is 366. The molecule has 2 nitrogen and oxygen atoms in total. The van der Waals surface area contributed by atoms with Gasteiger partial charge < -0.3 is 5.32 Å². The first-order valence-electron chi connectivity index (χ1n) is 7.83. The molecule has 0 heterocycles. The zero-order chi connectivity index (χ0) is 15.5. The summed E-state index contributed by atoms with van der Waals surface area (Å²) < 4.78 is 39.3. The highest BCUT2D eigenvalue weighted by atomic mass is 35.5. The minimum atomic E-state index is -4.29. The Labute approximate surface area is 128 Å². The molecule has 0 aromatic rings. The second-order valence-electron chi connectivity index (χ2n) is 6.50. The molecule has 2 atom stereocenters. The van der Waals surface area contributed by atoms with Crippen molar-refractivity contribution in [3.05, 3.63) is 0 Å². The van der Waals surface area contributed by atoms with E-state index >= 15 is 0 Å². The molecule has 0 spiro atoms. The minimum absolute atomic E-state index is 0.0649. The molecule has 2 saturated carbocycles. The molecular formula is C15H23ClF3NO. The van der Waals surface area contributed by atoms with Crippen molar-refractivity contribution >= 4 is 17.5 Å². The third-order valence-electron chi connectivity index (χ3n) is 4.98. The second kappa shape index (κ2) is 6.76. The van der Waals surface area contributed by atoms with Gasteiger partial charge in [-0.2, -0.15) is 13.2 Å². The fourth-order valence-corrected chi connectivity index (χ4v) is 4.05. The molecule has 2 unspecified atom stereocenters. The molecule has 6 heteroatoms. The van der Waals surface area contributed by atoms with Crippen LogP contribution in [0.5, 0.6) is 0 Å². The van der Waals surface area contributed by atoms with Gasteiger partial charge in [0.2, 0.25) is 5.91 Å². The van der Waals surface area contributed by atoms with Gasteiger partial charge >= 0.3 is 6.18 Å². The lowest BCUT2D eigenvalue weighted by atomic mass is 9.76. The monoisotopic (exact) mass is 325 g/mol. The molecule has 21 heavy (non-hydrogen) atoms. The van der Waals surface area contributed by atoms with Crippen molar-refractivity contribution in [2.75, 3.05) is 5.88 Å². The molecule has 122 valence electrons. The van der Waals surface area contributed by atoms with Crippen LogP contribution < -0.4 is 5.32 Å². The van der Waals surface area contributed by atoms with Crippen molar-refractivity contribution in [2.24, 2.45) is 11.8 Å². The van der Waals surface area contributed by atoms with Crippen LogP contribution in [0.15, 0.2) is 0 Å². The van der Waals surface area contributed by atoms with E-state index in [0.717, 1.165) is 32.1 Å². The number of nitrogens with one attached hydrogen (secondary N) is 1. The molecular weight excluding hydrogens is 303 g/mol. The van der Waals surface area contributed by atoms with Crippen molar-refractivity contribution in [3.63, 3.8) is 0 Å². The lowest BCUT2D eigenvalue weighted by Crippen LogP contribution is -2.55. The summed E-state index contributed by atoms with van der Waals surface area (Å²) in [5, 5.41) is 2.88. The number of hydrogen-bond donors (Lipinski definition) is 1. The van der Waals surface area contributed by atoms with E-state index in [9.17, 15) is 18.0 Å². The van der Waals surface area contributed by atoms with Crippen LogP contribution in [0.4, 0.5) is 13.2 Å². The maximum atomic E-state index is 13.1. The first-order chi connectivity index (χ1) is 9.88. The van der Waals surface area contributed by atoms with E-state index in [2.05, 4.69) is 5.32 Å². The maximum Gasteiger partial charge on any atom is 0.392 e. The number of amides is 1. The lowest BCUT2D eigenvalue weighted by molar-refractivity contribution is -0.198. The Morgan fingerprint density at radius 1 is 1.10 bits per heavy atom. The van der Waals surface area contributed by atoms with E-state index in [4.69, 9.17) is 11.6 Å². The molecule has 0 aromatic heterocycles. The third-order valence-corrected chi connectivity index (χ3v) is 5.49. The summed E-state index contributed by atoms with van der Waals surface area (Å²) in [7, 11) is 0. The smallest absolute Gasteiger partial charge is 0.349 e. The summed E-state index contributed by atoms with van der Waals surface area (Å²) in [5.74, 6) is -2.61. The van der Waals surface area contributed by atoms with Crippen LogP contribution in [0, 0.1) is 11.8 Å². The SMILES string of the molecule is O=C(NC1(CCl)CCCCC1)C1CCCCC1C(F)(F)F. The Kier molecular flexibility index (Phi) is 5.44. The Morgan fingerprint density at radius 2 is 1.71 bits per heavy atom. The van der Waals surface area contributed by atoms with E-state index < -0.39 is 29.5 Å². The number of carbonyl (C=O) groups is 1. The van der Waals surface area contributed by atoms with Gasteiger partial charge in [-0.15, -0.1) is 11.6 Å². The summed E-state index contributed by atoms with van der Waals surface area (Å²) in [6, 6.07) is 0. The van der Waals surface area contributed by atoms with E-state index in [-0.39, 0.29) is 12.3 Å². The second-order valence-corrected chi connectivity index (χ2v) is 6.77. The molecule has 0 radical (unpaired) electrons. The number of hydrogen-bond acceptors (Lipinski definition) is 1. The van der Waals surface area contributed by atoms with E-state index in [0.29, 0.717) is 19.3 Å². The molecule has 0 aromatic carbocycles. The van der Waals surface area contributed by atoms with Crippen molar-refractivity contribution in [1.82, 2.24) is 5.32 Å². The summed E-state index contributed by atoms with van der Waals surface area (Å²) in [5.41, 5.74) is -0.496. The molecule has 1 amide bonds. The molecule has 2 aliphatic carbocycles.